The third-order valence-electron chi connectivity index (χ3n) is 4.72. The Hall–Kier alpha value is -3.60. The zero-order valence-corrected chi connectivity index (χ0v) is 15.3. The summed E-state index contributed by atoms with van der Waals surface area (Å²) >= 11 is 0. The molecule has 0 spiro atoms. The van der Waals surface area contributed by atoms with Crippen LogP contribution in [0.3, 0.4) is 0 Å². The molecule has 0 saturated heterocycles. The van der Waals surface area contributed by atoms with Crippen molar-refractivity contribution in [1.82, 2.24) is 4.90 Å². The van der Waals surface area contributed by atoms with Crippen molar-refractivity contribution in [2.24, 2.45) is 0 Å². The SMILES string of the molecule is O=C(Nc1ccccc1Oc1ccccc1)C(=O)N1CCc2ccccc2C1. The Kier molecular flexibility index (Phi) is 5.06. The number of carbonyl (C=O) groups is 2. The molecule has 0 unspecified atom stereocenters. The second-order valence-corrected chi connectivity index (χ2v) is 6.61. The Bertz CT molecular complexity index is 1000. The fourth-order valence-corrected chi connectivity index (χ4v) is 3.26. The van der Waals surface area contributed by atoms with Crippen LogP contribution >= 0.6 is 0 Å². The summed E-state index contributed by atoms with van der Waals surface area (Å²) in [6.45, 7) is 0.982. The maximum atomic E-state index is 12.7. The summed E-state index contributed by atoms with van der Waals surface area (Å²) in [5, 5.41) is 2.70. The van der Waals surface area contributed by atoms with E-state index in [0.29, 0.717) is 30.3 Å². The van der Waals surface area contributed by atoms with Gasteiger partial charge in [0.15, 0.2) is 5.75 Å². The highest BCUT2D eigenvalue weighted by Gasteiger charge is 2.26. The second-order valence-electron chi connectivity index (χ2n) is 6.61. The van der Waals surface area contributed by atoms with Crippen LogP contribution in [0.4, 0.5) is 5.69 Å². The second kappa shape index (κ2) is 7.96. The fraction of sp³-hybridized carbons (Fsp3) is 0.130. The number of benzene rings is 3. The van der Waals surface area contributed by atoms with Crippen molar-refractivity contribution < 1.29 is 14.3 Å². The molecule has 2 amide bonds. The first kappa shape index (κ1) is 17.8. The molecular formula is C23H20N2O3. The van der Waals surface area contributed by atoms with E-state index in [9.17, 15) is 9.59 Å². The van der Waals surface area contributed by atoms with Gasteiger partial charge in [-0.1, -0.05) is 54.6 Å². The molecule has 0 atom stereocenters. The van der Waals surface area contributed by atoms with Crippen molar-refractivity contribution in [3.63, 3.8) is 0 Å². The number of anilines is 1. The lowest BCUT2D eigenvalue weighted by Gasteiger charge is -2.28. The number of ether oxygens (including phenoxy) is 1. The maximum Gasteiger partial charge on any atom is 0.314 e. The minimum absolute atomic E-state index is 0.449. The zero-order valence-electron chi connectivity index (χ0n) is 15.3. The average molecular weight is 372 g/mol. The van der Waals surface area contributed by atoms with Crippen LogP contribution in [0, 0.1) is 0 Å². The molecule has 5 nitrogen and oxygen atoms in total. The number of rotatable bonds is 3. The van der Waals surface area contributed by atoms with E-state index in [-0.39, 0.29) is 0 Å². The molecule has 4 rings (SSSR count). The van der Waals surface area contributed by atoms with Crippen LogP contribution in [0.1, 0.15) is 11.1 Å². The molecule has 5 heteroatoms. The fourth-order valence-electron chi connectivity index (χ4n) is 3.26. The number of amides is 2. The van der Waals surface area contributed by atoms with Crippen LogP contribution in [0.15, 0.2) is 78.9 Å². The first-order chi connectivity index (χ1) is 13.7. The van der Waals surface area contributed by atoms with Crippen molar-refractivity contribution in [3.8, 4) is 11.5 Å². The first-order valence-corrected chi connectivity index (χ1v) is 9.20. The highest BCUT2D eigenvalue weighted by Crippen LogP contribution is 2.29. The van der Waals surface area contributed by atoms with Crippen molar-refractivity contribution in [2.75, 3.05) is 11.9 Å². The molecule has 0 fully saturated rings. The van der Waals surface area contributed by atoms with Gasteiger partial charge in [-0.25, -0.2) is 0 Å². The van der Waals surface area contributed by atoms with Gasteiger partial charge in [0.05, 0.1) is 5.69 Å². The summed E-state index contributed by atoms with van der Waals surface area (Å²) < 4.78 is 5.84. The van der Waals surface area contributed by atoms with E-state index in [1.54, 1.807) is 23.1 Å². The number of hydrogen-bond donors (Lipinski definition) is 1. The largest absolute Gasteiger partial charge is 0.455 e. The highest BCUT2D eigenvalue weighted by molar-refractivity contribution is 6.39. The van der Waals surface area contributed by atoms with E-state index < -0.39 is 11.8 Å². The molecule has 1 N–H and O–H groups in total. The van der Waals surface area contributed by atoms with E-state index in [4.69, 9.17) is 4.74 Å². The minimum atomic E-state index is -0.663. The summed E-state index contributed by atoms with van der Waals surface area (Å²) in [7, 11) is 0. The third kappa shape index (κ3) is 3.88. The lowest BCUT2D eigenvalue weighted by atomic mass is 10.00. The van der Waals surface area contributed by atoms with Gasteiger partial charge in [-0.2, -0.15) is 0 Å². The molecule has 0 aliphatic carbocycles. The Balaban J connectivity index is 1.46. The van der Waals surface area contributed by atoms with Crippen LogP contribution in [-0.4, -0.2) is 23.3 Å². The maximum absolute atomic E-state index is 12.7. The summed E-state index contributed by atoms with van der Waals surface area (Å²) in [5.41, 5.74) is 2.78. The molecule has 0 bridgehead atoms. The zero-order chi connectivity index (χ0) is 19.3. The molecule has 1 heterocycles. The van der Waals surface area contributed by atoms with Crippen LogP contribution < -0.4 is 10.1 Å². The van der Waals surface area contributed by atoms with E-state index in [2.05, 4.69) is 11.4 Å². The molecule has 28 heavy (non-hydrogen) atoms. The Morgan fingerprint density at radius 2 is 1.50 bits per heavy atom. The first-order valence-electron chi connectivity index (χ1n) is 9.20. The van der Waals surface area contributed by atoms with Crippen LogP contribution in [0.2, 0.25) is 0 Å². The summed E-state index contributed by atoms with van der Waals surface area (Å²) in [4.78, 5) is 26.8. The number of hydrogen-bond acceptors (Lipinski definition) is 3. The third-order valence-corrected chi connectivity index (χ3v) is 4.72. The van der Waals surface area contributed by atoms with Crippen LogP contribution in [0.5, 0.6) is 11.5 Å². The minimum Gasteiger partial charge on any atom is -0.455 e. The lowest BCUT2D eigenvalue weighted by molar-refractivity contribution is -0.143. The topological polar surface area (TPSA) is 58.6 Å². The van der Waals surface area contributed by atoms with Gasteiger partial charge in [0.25, 0.3) is 0 Å². The summed E-state index contributed by atoms with van der Waals surface area (Å²) in [5.74, 6) is -0.0606. The molecule has 140 valence electrons. The van der Waals surface area contributed by atoms with Gasteiger partial charge < -0.3 is 15.0 Å². The summed E-state index contributed by atoms with van der Waals surface area (Å²) in [6.07, 6.45) is 0.753. The average Bonchev–Trinajstić information content (AvgIpc) is 2.75. The van der Waals surface area contributed by atoms with Crippen LogP contribution in [-0.2, 0) is 22.6 Å². The standard InChI is InChI=1S/C23H20N2O3/c26-22(23(27)25-15-14-17-8-4-5-9-18(17)16-25)24-20-12-6-7-13-21(20)28-19-10-2-1-3-11-19/h1-13H,14-16H2,(H,24,26). The molecule has 3 aromatic carbocycles. The smallest absolute Gasteiger partial charge is 0.314 e. The van der Waals surface area contributed by atoms with Gasteiger partial charge >= 0.3 is 11.8 Å². The molecule has 0 saturated carbocycles. The van der Waals surface area contributed by atoms with E-state index in [1.807, 2.05) is 54.6 Å². The molecule has 0 radical (unpaired) electrons. The monoisotopic (exact) mass is 372 g/mol. The number of nitrogens with one attached hydrogen (secondary N) is 1. The molecular weight excluding hydrogens is 352 g/mol. The molecule has 0 aromatic heterocycles. The Morgan fingerprint density at radius 3 is 2.32 bits per heavy atom. The van der Waals surface area contributed by atoms with Gasteiger partial charge in [-0.15, -0.1) is 0 Å². The molecule has 3 aromatic rings. The van der Waals surface area contributed by atoms with Crippen molar-refractivity contribution in [2.45, 2.75) is 13.0 Å². The molecule has 1 aliphatic heterocycles. The number of nitrogens with zero attached hydrogens (tertiary/aromatic N) is 1. The Labute approximate surface area is 163 Å². The number of para-hydroxylation sites is 3. The van der Waals surface area contributed by atoms with Crippen molar-refractivity contribution in [3.05, 3.63) is 90.0 Å². The predicted octanol–water partition coefficient (Wildman–Crippen LogP) is 4.00. The van der Waals surface area contributed by atoms with E-state index in [1.165, 1.54) is 5.56 Å². The van der Waals surface area contributed by atoms with Crippen molar-refractivity contribution in [1.29, 1.82) is 0 Å². The van der Waals surface area contributed by atoms with Gasteiger partial charge in [0.1, 0.15) is 5.75 Å². The van der Waals surface area contributed by atoms with E-state index in [0.717, 1.165) is 12.0 Å². The lowest BCUT2D eigenvalue weighted by Crippen LogP contribution is -2.42. The van der Waals surface area contributed by atoms with Gasteiger partial charge in [-0.05, 0) is 41.8 Å². The molecule has 1 aliphatic rings. The van der Waals surface area contributed by atoms with Crippen LogP contribution in [0.25, 0.3) is 0 Å². The Morgan fingerprint density at radius 1 is 0.821 bits per heavy atom. The van der Waals surface area contributed by atoms with Gasteiger partial charge in [0, 0.05) is 13.1 Å². The summed E-state index contributed by atoms with van der Waals surface area (Å²) in [6, 6.07) is 24.4. The van der Waals surface area contributed by atoms with E-state index >= 15 is 0 Å². The van der Waals surface area contributed by atoms with Gasteiger partial charge in [-0.3, -0.25) is 9.59 Å². The quantitative estimate of drug-likeness (QED) is 0.707. The predicted molar refractivity (Wildman–Crippen MR) is 107 cm³/mol. The van der Waals surface area contributed by atoms with Gasteiger partial charge in [0.2, 0.25) is 0 Å². The number of fused-ring (bicyclic) bond motifs is 1. The normalized spacial score (nSPS) is 12.8. The number of carbonyl (C=O) groups excluding carboxylic acids is 2. The van der Waals surface area contributed by atoms with Crippen molar-refractivity contribution >= 4 is 17.5 Å². The highest BCUT2D eigenvalue weighted by atomic mass is 16.5.